The van der Waals surface area contributed by atoms with Gasteiger partial charge >= 0.3 is 5.97 Å². The highest BCUT2D eigenvalue weighted by Crippen LogP contribution is 2.18. The number of ether oxygens (including phenoxy) is 1. The van der Waals surface area contributed by atoms with Crippen molar-refractivity contribution in [3.05, 3.63) is 82.0 Å². The lowest BCUT2D eigenvalue weighted by molar-refractivity contribution is -0.116. The molecule has 0 fully saturated rings. The maximum Gasteiger partial charge on any atom is 0.337 e. The van der Waals surface area contributed by atoms with Crippen molar-refractivity contribution in [3.63, 3.8) is 0 Å². The maximum atomic E-state index is 12.9. The van der Waals surface area contributed by atoms with Crippen molar-refractivity contribution in [1.82, 2.24) is 19.3 Å². The number of aromatic nitrogens is 4. The van der Waals surface area contributed by atoms with E-state index in [2.05, 4.69) is 20.1 Å². The number of nitrogens with zero attached hydrogens (tertiary/aromatic N) is 4. The smallest absolute Gasteiger partial charge is 0.337 e. The van der Waals surface area contributed by atoms with Crippen molar-refractivity contribution in [2.45, 2.75) is 20.4 Å². The minimum absolute atomic E-state index is 0.213. The molecule has 4 rings (SSSR count). The molecule has 2 heterocycles. The van der Waals surface area contributed by atoms with Gasteiger partial charge < -0.3 is 10.1 Å². The van der Waals surface area contributed by atoms with E-state index in [9.17, 15) is 14.4 Å². The van der Waals surface area contributed by atoms with Crippen molar-refractivity contribution in [3.8, 4) is 5.69 Å². The van der Waals surface area contributed by atoms with E-state index in [0.29, 0.717) is 22.3 Å². The third-order valence-corrected chi connectivity index (χ3v) is 5.04. The summed E-state index contributed by atoms with van der Waals surface area (Å²) in [6.07, 6.45) is 2.80. The minimum Gasteiger partial charge on any atom is -0.465 e. The van der Waals surface area contributed by atoms with Crippen LogP contribution in [0, 0.1) is 13.8 Å². The van der Waals surface area contributed by atoms with E-state index in [1.165, 1.54) is 24.2 Å². The van der Waals surface area contributed by atoms with Gasteiger partial charge in [-0.3, -0.25) is 14.2 Å². The lowest BCUT2D eigenvalue weighted by atomic mass is 10.1. The van der Waals surface area contributed by atoms with Crippen molar-refractivity contribution in [1.29, 1.82) is 0 Å². The molecule has 1 N–H and O–H groups in total. The Kier molecular flexibility index (Phi) is 5.55. The van der Waals surface area contributed by atoms with Crippen LogP contribution in [-0.2, 0) is 16.1 Å². The van der Waals surface area contributed by atoms with Gasteiger partial charge in [-0.05, 0) is 49.7 Å². The summed E-state index contributed by atoms with van der Waals surface area (Å²) in [4.78, 5) is 41.2. The zero-order valence-electron chi connectivity index (χ0n) is 17.8. The van der Waals surface area contributed by atoms with Crippen LogP contribution in [0.2, 0.25) is 0 Å². The van der Waals surface area contributed by atoms with Gasteiger partial charge in [0.15, 0.2) is 5.65 Å². The van der Waals surface area contributed by atoms with Crippen molar-refractivity contribution >= 4 is 28.6 Å². The summed E-state index contributed by atoms with van der Waals surface area (Å²) in [7, 11) is 1.30. The standard InChI is InChI=1S/C23H21N5O4/c1-14-4-9-19(15(2)10-14)28-21-18(11-25-28)22(30)27(13-24-21)12-20(29)26-17-7-5-16(6-8-17)23(31)32-3/h4-11,13H,12H2,1-3H3,(H,26,29). The number of hydrogen-bond donors (Lipinski definition) is 1. The summed E-state index contributed by atoms with van der Waals surface area (Å²) in [5.74, 6) is -0.865. The zero-order chi connectivity index (χ0) is 22.8. The average molecular weight is 431 g/mol. The molecule has 0 atom stereocenters. The van der Waals surface area contributed by atoms with E-state index < -0.39 is 11.9 Å². The van der Waals surface area contributed by atoms with E-state index in [0.717, 1.165) is 16.8 Å². The van der Waals surface area contributed by atoms with Crippen LogP contribution < -0.4 is 10.9 Å². The number of carbonyl (C=O) groups is 2. The molecule has 2 aromatic heterocycles. The molecule has 32 heavy (non-hydrogen) atoms. The Bertz CT molecular complexity index is 1390. The fourth-order valence-corrected chi connectivity index (χ4v) is 3.44. The van der Waals surface area contributed by atoms with Crippen LogP contribution in [0.25, 0.3) is 16.7 Å². The Hall–Kier alpha value is -4.27. The van der Waals surface area contributed by atoms with E-state index in [-0.39, 0.29) is 12.1 Å². The summed E-state index contributed by atoms with van der Waals surface area (Å²) in [5.41, 5.74) is 3.91. The number of fused-ring (bicyclic) bond motifs is 1. The van der Waals surface area contributed by atoms with Gasteiger partial charge in [-0.2, -0.15) is 5.10 Å². The Balaban J connectivity index is 1.55. The predicted molar refractivity (Wildman–Crippen MR) is 119 cm³/mol. The van der Waals surface area contributed by atoms with Gasteiger partial charge in [0.1, 0.15) is 18.3 Å². The third kappa shape index (κ3) is 4.00. The Morgan fingerprint density at radius 1 is 1.09 bits per heavy atom. The van der Waals surface area contributed by atoms with Crippen molar-refractivity contribution < 1.29 is 14.3 Å². The number of nitrogens with one attached hydrogen (secondary N) is 1. The molecule has 0 saturated heterocycles. The number of anilines is 1. The van der Waals surface area contributed by atoms with Crippen LogP contribution in [0.5, 0.6) is 0 Å². The van der Waals surface area contributed by atoms with Crippen LogP contribution in [0.3, 0.4) is 0 Å². The first-order valence-electron chi connectivity index (χ1n) is 9.86. The molecule has 0 radical (unpaired) electrons. The van der Waals surface area contributed by atoms with Gasteiger partial charge in [0.25, 0.3) is 5.56 Å². The monoisotopic (exact) mass is 431 g/mol. The fraction of sp³-hybridized carbons (Fsp3) is 0.174. The van der Waals surface area contributed by atoms with Crippen LogP contribution in [0.15, 0.2) is 59.8 Å². The molecule has 0 aliphatic rings. The molecule has 9 nitrogen and oxygen atoms in total. The number of carbonyl (C=O) groups excluding carboxylic acids is 2. The molecule has 0 saturated carbocycles. The predicted octanol–water partition coefficient (Wildman–Crippen LogP) is 2.62. The minimum atomic E-state index is -0.463. The lowest BCUT2D eigenvalue weighted by Gasteiger charge is -2.09. The van der Waals surface area contributed by atoms with Crippen LogP contribution >= 0.6 is 0 Å². The molecule has 2 aromatic carbocycles. The number of rotatable bonds is 5. The summed E-state index contributed by atoms with van der Waals surface area (Å²) < 4.78 is 7.50. The third-order valence-electron chi connectivity index (χ3n) is 5.04. The zero-order valence-corrected chi connectivity index (χ0v) is 17.8. The molecule has 9 heteroatoms. The number of aryl methyl sites for hydroxylation is 2. The summed E-state index contributed by atoms with van der Waals surface area (Å²) in [6, 6.07) is 12.2. The summed E-state index contributed by atoms with van der Waals surface area (Å²) in [6.45, 7) is 3.77. The largest absolute Gasteiger partial charge is 0.465 e. The van der Waals surface area contributed by atoms with E-state index in [1.54, 1.807) is 28.9 Å². The Morgan fingerprint density at radius 3 is 2.53 bits per heavy atom. The SMILES string of the molecule is COC(=O)c1ccc(NC(=O)Cn2cnc3c(cnn3-c3ccc(C)cc3C)c2=O)cc1. The topological polar surface area (TPSA) is 108 Å². The van der Waals surface area contributed by atoms with E-state index >= 15 is 0 Å². The Morgan fingerprint density at radius 2 is 1.84 bits per heavy atom. The van der Waals surface area contributed by atoms with Gasteiger partial charge in [-0.15, -0.1) is 0 Å². The maximum absolute atomic E-state index is 12.9. The molecule has 162 valence electrons. The van der Waals surface area contributed by atoms with Gasteiger partial charge in [-0.1, -0.05) is 17.7 Å². The summed E-state index contributed by atoms with van der Waals surface area (Å²) in [5, 5.41) is 7.35. The highest BCUT2D eigenvalue weighted by Gasteiger charge is 2.15. The number of benzene rings is 2. The highest BCUT2D eigenvalue weighted by atomic mass is 16.5. The van der Waals surface area contributed by atoms with Gasteiger partial charge in [0.05, 0.1) is 24.6 Å². The lowest BCUT2D eigenvalue weighted by Crippen LogP contribution is -2.27. The second-order valence-electron chi connectivity index (χ2n) is 7.38. The number of hydrogen-bond acceptors (Lipinski definition) is 6. The first-order valence-corrected chi connectivity index (χ1v) is 9.86. The van der Waals surface area contributed by atoms with Crippen molar-refractivity contribution in [2.75, 3.05) is 12.4 Å². The molecule has 4 aromatic rings. The van der Waals surface area contributed by atoms with Crippen LogP contribution in [0.1, 0.15) is 21.5 Å². The van der Waals surface area contributed by atoms with Crippen LogP contribution in [-0.4, -0.2) is 38.3 Å². The second kappa shape index (κ2) is 8.46. The molecule has 1 amide bonds. The van der Waals surface area contributed by atoms with E-state index in [4.69, 9.17) is 0 Å². The van der Waals surface area contributed by atoms with Gasteiger partial charge in [0.2, 0.25) is 5.91 Å². The number of esters is 1. The van der Waals surface area contributed by atoms with Crippen molar-refractivity contribution in [2.24, 2.45) is 0 Å². The van der Waals surface area contributed by atoms with Gasteiger partial charge in [-0.25, -0.2) is 14.5 Å². The van der Waals surface area contributed by atoms with Gasteiger partial charge in [0, 0.05) is 5.69 Å². The van der Waals surface area contributed by atoms with E-state index in [1.807, 2.05) is 32.0 Å². The second-order valence-corrected chi connectivity index (χ2v) is 7.38. The quantitative estimate of drug-likeness (QED) is 0.487. The number of amides is 1. The molecular weight excluding hydrogens is 410 g/mol. The molecule has 0 bridgehead atoms. The first-order chi connectivity index (χ1) is 15.4. The molecular formula is C23H21N5O4. The molecule has 0 aliphatic heterocycles. The fourth-order valence-electron chi connectivity index (χ4n) is 3.44. The average Bonchev–Trinajstić information content (AvgIpc) is 3.20. The first kappa shape index (κ1) is 21.0. The normalized spacial score (nSPS) is 10.8. The molecule has 0 unspecified atom stereocenters. The highest BCUT2D eigenvalue weighted by molar-refractivity contribution is 5.93. The molecule has 0 aliphatic carbocycles. The van der Waals surface area contributed by atoms with Crippen LogP contribution in [0.4, 0.5) is 5.69 Å². The number of methoxy groups -OCH3 is 1. The Labute approximate surface area is 183 Å². The molecule has 0 spiro atoms. The summed E-state index contributed by atoms with van der Waals surface area (Å²) >= 11 is 0.